The fraction of sp³-hybridized carbons (Fsp3) is 0.316. The van der Waals surface area contributed by atoms with E-state index in [0.29, 0.717) is 23.6 Å². The highest BCUT2D eigenvalue weighted by Gasteiger charge is 2.15. The van der Waals surface area contributed by atoms with E-state index < -0.39 is 25.8 Å². The summed E-state index contributed by atoms with van der Waals surface area (Å²) < 4.78 is 55.5. The van der Waals surface area contributed by atoms with Crippen LogP contribution in [-0.2, 0) is 19.9 Å². The highest BCUT2D eigenvalue weighted by Crippen LogP contribution is 2.19. The summed E-state index contributed by atoms with van der Waals surface area (Å²) in [6.45, 7) is 3.88. The summed E-state index contributed by atoms with van der Waals surface area (Å²) in [6.07, 6.45) is 0. The molecule has 158 valence electrons. The number of amides is 1. The fourth-order valence-corrected chi connectivity index (χ4v) is 4.11. The van der Waals surface area contributed by atoms with Crippen LogP contribution >= 0.6 is 0 Å². The minimum absolute atomic E-state index is 0.0150. The molecule has 0 aliphatic carbocycles. The van der Waals surface area contributed by atoms with Crippen molar-refractivity contribution in [3.05, 3.63) is 54.1 Å². The third-order valence-electron chi connectivity index (χ3n) is 3.98. The van der Waals surface area contributed by atoms with E-state index in [2.05, 4.69) is 10.0 Å². The number of anilines is 1. The molecule has 1 amide bonds. The van der Waals surface area contributed by atoms with Gasteiger partial charge >= 0.3 is 0 Å². The van der Waals surface area contributed by atoms with Crippen molar-refractivity contribution in [3.63, 3.8) is 0 Å². The Morgan fingerprint density at radius 1 is 0.931 bits per heavy atom. The maximum atomic E-state index is 12.5. The molecule has 0 atom stereocenters. The number of rotatable bonds is 10. The van der Waals surface area contributed by atoms with Crippen LogP contribution in [0.1, 0.15) is 24.2 Å². The molecule has 2 N–H and O–H groups in total. The molecule has 0 fully saturated rings. The lowest BCUT2D eigenvalue weighted by molar-refractivity contribution is 0.0956. The third-order valence-corrected chi connectivity index (χ3v) is 7.09. The average molecular weight is 441 g/mol. The molecule has 0 aliphatic heterocycles. The number of hydrogen-bond acceptors (Lipinski definition) is 6. The predicted molar refractivity (Wildman–Crippen MR) is 112 cm³/mol. The first-order chi connectivity index (χ1) is 13.7. The molecule has 2 rings (SSSR count). The van der Waals surface area contributed by atoms with Gasteiger partial charge in [0.15, 0.2) is 9.84 Å². The summed E-state index contributed by atoms with van der Waals surface area (Å²) in [5.41, 5.74) is 0.590. The van der Waals surface area contributed by atoms with Gasteiger partial charge in [-0.3, -0.25) is 9.52 Å². The van der Waals surface area contributed by atoms with Crippen LogP contribution in [0.3, 0.4) is 0 Å². The van der Waals surface area contributed by atoms with Crippen LogP contribution in [-0.4, -0.2) is 47.4 Å². The van der Waals surface area contributed by atoms with Crippen molar-refractivity contribution in [2.75, 3.05) is 29.4 Å². The Balaban J connectivity index is 1.99. The quantitative estimate of drug-likeness (QED) is 0.584. The first kappa shape index (κ1) is 22.7. The van der Waals surface area contributed by atoms with Crippen molar-refractivity contribution in [3.8, 4) is 5.75 Å². The largest absolute Gasteiger partial charge is 0.494 e. The molecule has 0 saturated heterocycles. The number of benzene rings is 2. The maximum Gasteiger partial charge on any atom is 0.261 e. The molecule has 0 heterocycles. The molecular formula is C19H24N2O6S2. The minimum Gasteiger partial charge on any atom is -0.494 e. The molecule has 0 radical (unpaired) electrons. The van der Waals surface area contributed by atoms with E-state index >= 15 is 0 Å². The van der Waals surface area contributed by atoms with Crippen molar-refractivity contribution in [1.82, 2.24) is 5.32 Å². The lowest BCUT2D eigenvalue weighted by atomic mass is 10.2. The fourth-order valence-electron chi connectivity index (χ4n) is 2.35. The molecule has 29 heavy (non-hydrogen) atoms. The van der Waals surface area contributed by atoms with Crippen molar-refractivity contribution in [2.24, 2.45) is 0 Å². The third kappa shape index (κ3) is 6.75. The molecule has 0 unspecified atom stereocenters. The second kappa shape index (κ2) is 9.75. The zero-order chi connectivity index (χ0) is 21.5. The van der Waals surface area contributed by atoms with Crippen LogP contribution in [0.5, 0.6) is 5.75 Å². The topological polar surface area (TPSA) is 119 Å². The number of sulfonamides is 1. The van der Waals surface area contributed by atoms with Gasteiger partial charge in [-0.1, -0.05) is 6.92 Å². The van der Waals surface area contributed by atoms with Gasteiger partial charge in [-0.2, -0.15) is 0 Å². The van der Waals surface area contributed by atoms with Gasteiger partial charge in [-0.15, -0.1) is 0 Å². The lowest BCUT2D eigenvalue weighted by Crippen LogP contribution is -2.29. The second-order valence-electron chi connectivity index (χ2n) is 6.08. The molecule has 2 aromatic carbocycles. The zero-order valence-electron chi connectivity index (χ0n) is 16.2. The molecular weight excluding hydrogens is 416 g/mol. The van der Waals surface area contributed by atoms with Crippen LogP contribution in [0, 0.1) is 0 Å². The number of carbonyl (C=O) groups excluding carboxylic acids is 1. The molecule has 10 heteroatoms. The monoisotopic (exact) mass is 440 g/mol. The van der Waals surface area contributed by atoms with Crippen LogP contribution in [0.2, 0.25) is 0 Å². The smallest absolute Gasteiger partial charge is 0.261 e. The molecule has 8 nitrogen and oxygen atoms in total. The van der Waals surface area contributed by atoms with Gasteiger partial charge < -0.3 is 10.1 Å². The van der Waals surface area contributed by atoms with E-state index in [4.69, 9.17) is 4.74 Å². The van der Waals surface area contributed by atoms with E-state index in [1.165, 1.54) is 36.4 Å². The van der Waals surface area contributed by atoms with E-state index in [1.54, 1.807) is 19.1 Å². The van der Waals surface area contributed by atoms with Gasteiger partial charge in [0.1, 0.15) is 5.75 Å². The number of hydrogen-bond donors (Lipinski definition) is 2. The average Bonchev–Trinajstić information content (AvgIpc) is 2.69. The minimum atomic E-state index is -3.78. The Bertz CT molecular complexity index is 1030. The van der Waals surface area contributed by atoms with E-state index in [-0.39, 0.29) is 22.9 Å². The number of sulfone groups is 1. The maximum absolute atomic E-state index is 12.5. The Morgan fingerprint density at radius 2 is 1.55 bits per heavy atom. The first-order valence-corrected chi connectivity index (χ1v) is 12.3. The SMILES string of the molecule is CCOc1ccc(S(=O)(=O)Nc2ccc(C(=O)NCCS(=O)(=O)CC)cc2)cc1. The standard InChI is InChI=1S/C19H24N2O6S2/c1-3-27-17-9-11-18(12-10-17)29(25,26)21-16-7-5-15(6-8-16)19(22)20-13-14-28(23,24)4-2/h5-12,21H,3-4,13-14H2,1-2H3,(H,20,22). The van der Waals surface area contributed by atoms with Gasteiger partial charge in [0, 0.05) is 23.5 Å². The van der Waals surface area contributed by atoms with Crippen LogP contribution in [0.15, 0.2) is 53.4 Å². The number of ether oxygens (including phenoxy) is 1. The molecule has 2 aromatic rings. The van der Waals surface area contributed by atoms with Crippen LogP contribution < -0.4 is 14.8 Å². The summed E-state index contributed by atoms with van der Waals surface area (Å²) >= 11 is 0. The first-order valence-electron chi connectivity index (χ1n) is 9.01. The van der Waals surface area contributed by atoms with Crippen molar-refractivity contribution in [1.29, 1.82) is 0 Å². The van der Waals surface area contributed by atoms with Gasteiger partial charge in [0.05, 0.1) is 17.3 Å². The highest BCUT2D eigenvalue weighted by atomic mass is 32.2. The summed E-state index contributed by atoms with van der Waals surface area (Å²) in [5, 5.41) is 2.53. The Kier molecular flexibility index (Phi) is 7.63. The highest BCUT2D eigenvalue weighted by molar-refractivity contribution is 7.92. The van der Waals surface area contributed by atoms with Crippen molar-refractivity contribution < 1.29 is 26.4 Å². The van der Waals surface area contributed by atoms with Gasteiger partial charge in [0.25, 0.3) is 15.9 Å². The van der Waals surface area contributed by atoms with Crippen molar-refractivity contribution >= 4 is 31.5 Å². The summed E-state index contributed by atoms with van der Waals surface area (Å²) in [7, 11) is -6.94. The molecule has 0 saturated carbocycles. The molecule has 0 aliphatic rings. The van der Waals surface area contributed by atoms with E-state index in [9.17, 15) is 21.6 Å². The number of nitrogens with one attached hydrogen (secondary N) is 2. The summed E-state index contributed by atoms with van der Waals surface area (Å²) in [6, 6.07) is 11.9. The lowest BCUT2D eigenvalue weighted by Gasteiger charge is -2.10. The molecule has 0 aromatic heterocycles. The Morgan fingerprint density at radius 3 is 2.10 bits per heavy atom. The van der Waals surface area contributed by atoms with E-state index in [1.807, 2.05) is 6.92 Å². The Hall–Kier alpha value is -2.59. The summed E-state index contributed by atoms with van der Waals surface area (Å²) in [5.74, 6) is 0.0344. The normalized spacial score (nSPS) is 11.7. The summed E-state index contributed by atoms with van der Waals surface area (Å²) in [4.78, 5) is 12.1. The predicted octanol–water partition coefficient (Wildman–Crippen LogP) is 2.05. The zero-order valence-corrected chi connectivity index (χ0v) is 17.8. The van der Waals surface area contributed by atoms with Crippen molar-refractivity contribution in [2.45, 2.75) is 18.7 Å². The molecule has 0 bridgehead atoms. The molecule has 0 spiro atoms. The second-order valence-corrected chi connectivity index (χ2v) is 10.2. The van der Waals surface area contributed by atoms with Gasteiger partial charge in [-0.05, 0) is 55.5 Å². The van der Waals surface area contributed by atoms with Gasteiger partial charge in [-0.25, -0.2) is 16.8 Å². The van der Waals surface area contributed by atoms with E-state index in [0.717, 1.165) is 0 Å². The van der Waals surface area contributed by atoms with Crippen LogP contribution in [0.4, 0.5) is 5.69 Å². The van der Waals surface area contributed by atoms with Crippen LogP contribution in [0.25, 0.3) is 0 Å². The Labute approximate surface area is 171 Å². The van der Waals surface area contributed by atoms with Gasteiger partial charge in [0.2, 0.25) is 0 Å². The number of carbonyl (C=O) groups is 1.